The second-order valence-corrected chi connectivity index (χ2v) is 6.46. The van der Waals surface area contributed by atoms with Gasteiger partial charge in [0.15, 0.2) is 11.5 Å². The Morgan fingerprint density at radius 2 is 1.82 bits per heavy atom. The predicted octanol–water partition coefficient (Wildman–Crippen LogP) is 3.57. The molecule has 2 aromatic heterocycles. The van der Waals surface area contributed by atoms with Crippen molar-refractivity contribution in [3.8, 4) is 11.5 Å². The van der Waals surface area contributed by atoms with Crippen molar-refractivity contribution in [2.45, 2.75) is 31.3 Å². The molecule has 28 heavy (non-hydrogen) atoms. The minimum Gasteiger partial charge on any atom is -0.486 e. The summed E-state index contributed by atoms with van der Waals surface area (Å²) in [5.74, 6) is -0.600. The van der Waals surface area contributed by atoms with Crippen LogP contribution in [0, 0.1) is 0 Å². The molecule has 2 heterocycles. The SMILES string of the molecule is O=C(NC1CC(Oc2ccccc2OC(F)(F)F)C1)c1cnn2ccccc12. The van der Waals surface area contributed by atoms with E-state index in [-0.39, 0.29) is 29.6 Å². The van der Waals surface area contributed by atoms with Gasteiger partial charge in [-0.05, 0) is 24.3 Å². The maximum absolute atomic E-state index is 12.5. The Balaban J connectivity index is 1.34. The molecule has 1 aliphatic rings. The monoisotopic (exact) mass is 391 g/mol. The zero-order chi connectivity index (χ0) is 19.7. The van der Waals surface area contributed by atoms with Crippen molar-refractivity contribution in [3.05, 3.63) is 60.4 Å². The largest absolute Gasteiger partial charge is 0.573 e. The first kappa shape index (κ1) is 18.1. The molecule has 1 fully saturated rings. The molecular formula is C19H16F3N3O3. The third-order valence-corrected chi connectivity index (χ3v) is 4.47. The maximum atomic E-state index is 12.5. The first-order valence-corrected chi connectivity index (χ1v) is 8.64. The van der Waals surface area contributed by atoms with Gasteiger partial charge in [0, 0.05) is 25.1 Å². The van der Waals surface area contributed by atoms with E-state index in [9.17, 15) is 18.0 Å². The maximum Gasteiger partial charge on any atom is 0.573 e. The van der Waals surface area contributed by atoms with Crippen LogP contribution in [-0.4, -0.2) is 34.0 Å². The predicted molar refractivity (Wildman–Crippen MR) is 93.2 cm³/mol. The van der Waals surface area contributed by atoms with Crippen molar-refractivity contribution >= 4 is 11.4 Å². The number of amides is 1. The number of carbonyl (C=O) groups excluding carboxylic acids is 1. The second-order valence-electron chi connectivity index (χ2n) is 6.46. The van der Waals surface area contributed by atoms with Gasteiger partial charge in [0.2, 0.25) is 0 Å². The third kappa shape index (κ3) is 3.88. The minimum atomic E-state index is -4.79. The second kappa shape index (κ2) is 7.06. The van der Waals surface area contributed by atoms with Gasteiger partial charge in [0.05, 0.1) is 17.3 Å². The van der Waals surface area contributed by atoms with Crippen LogP contribution in [0.3, 0.4) is 0 Å². The van der Waals surface area contributed by atoms with E-state index in [2.05, 4.69) is 15.2 Å². The number of hydrogen-bond acceptors (Lipinski definition) is 4. The van der Waals surface area contributed by atoms with Crippen LogP contribution >= 0.6 is 0 Å². The first-order chi connectivity index (χ1) is 13.4. The highest BCUT2D eigenvalue weighted by Gasteiger charge is 2.35. The number of para-hydroxylation sites is 2. The topological polar surface area (TPSA) is 64.9 Å². The normalized spacial score (nSPS) is 19.1. The summed E-state index contributed by atoms with van der Waals surface area (Å²) >= 11 is 0. The Kier molecular flexibility index (Phi) is 4.58. The number of carbonyl (C=O) groups is 1. The molecular weight excluding hydrogens is 375 g/mol. The zero-order valence-electron chi connectivity index (χ0n) is 14.5. The lowest BCUT2D eigenvalue weighted by atomic mass is 9.89. The Morgan fingerprint density at radius 1 is 1.11 bits per heavy atom. The van der Waals surface area contributed by atoms with Crippen molar-refractivity contribution in [2.24, 2.45) is 0 Å². The molecule has 0 radical (unpaired) electrons. The molecule has 0 bridgehead atoms. The van der Waals surface area contributed by atoms with Crippen molar-refractivity contribution in [2.75, 3.05) is 0 Å². The fraction of sp³-hybridized carbons (Fsp3) is 0.263. The highest BCUT2D eigenvalue weighted by Crippen LogP contribution is 2.35. The van der Waals surface area contributed by atoms with Crippen molar-refractivity contribution < 1.29 is 27.4 Å². The molecule has 0 spiro atoms. The molecule has 146 valence electrons. The molecule has 1 aliphatic carbocycles. The summed E-state index contributed by atoms with van der Waals surface area (Å²) in [5, 5.41) is 7.02. The van der Waals surface area contributed by atoms with E-state index in [0.717, 1.165) is 0 Å². The standard InChI is InChI=1S/C19H16F3N3O3/c20-19(21,22)28-17-7-2-1-6-16(17)27-13-9-12(10-13)24-18(26)14-11-23-25-8-4-3-5-15(14)25/h1-8,11-13H,9-10H2,(H,24,26). The molecule has 0 atom stereocenters. The first-order valence-electron chi connectivity index (χ1n) is 8.64. The van der Waals surface area contributed by atoms with E-state index in [1.54, 1.807) is 22.8 Å². The highest BCUT2D eigenvalue weighted by molar-refractivity contribution is 6.00. The number of aromatic nitrogens is 2. The number of hydrogen-bond donors (Lipinski definition) is 1. The van der Waals surface area contributed by atoms with E-state index in [1.165, 1.54) is 24.4 Å². The van der Waals surface area contributed by atoms with E-state index < -0.39 is 6.36 Å². The van der Waals surface area contributed by atoms with Crippen molar-refractivity contribution in [3.63, 3.8) is 0 Å². The summed E-state index contributed by atoms with van der Waals surface area (Å²) in [4.78, 5) is 12.4. The molecule has 1 saturated carbocycles. The van der Waals surface area contributed by atoms with Crippen LogP contribution in [0.15, 0.2) is 54.9 Å². The smallest absolute Gasteiger partial charge is 0.486 e. The van der Waals surface area contributed by atoms with Crippen LogP contribution in [0.1, 0.15) is 23.2 Å². The number of nitrogens with zero attached hydrogens (tertiary/aromatic N) is 2. The Bertz CT molecular complexity index is 996. The molecule has 0 saturated heterocycles. The molecule has 6 nitrogen and oxygen atoms in total. The van der Waals surface area contributed by atoms with Crippen LogP contribution in [0.2, 0.25) is 0 Å². The molecule has 1 amide bonds. The Hall–Kier alpha value is -3.23. The van der Waals surface area contributed by atoms with E-state index in [0.29, 0.717) is 23.9 Å². The lowest BCUT2D eigenvalue weighted by molar-refractivity contribution is -0.275. The number of pyridine rings is 1. The number of fused-ring (bicyclic) bond motifs is 1. The van der Waals surface area contributed by atoms with Gasteiger partial charge < -0.3 is 14.8 Å². The Labute approximate surface area is 157 Å². The van der Waals surface area contributed by atoms with Gasteiger partial charge in [-0.25, -0.2) is 4.52 Å². The van der Waals surface area contributed by atoms with Gasteiger partial charge in [0.1, 0.15) is 6.10 Å². The molecule has 0 unspecified atom stereocenters. The minimum absolute atomic E-state index is 0.0252. The number of halogens is 3. The van der Waals surface area contributed by atoms with Crippen LogP contribution in [-0.2, 0) is 0 Å². The molecule has 3 aromatic rings. The van der Waals surface area contributed by atoms with Crippen molar-refractivity contribution in [1.82, 2.24) is 14.9 Å². The van der Waals surface area contributed by atoms with Crippen LogP contribution in [0.4, 0.5) is 13.2 Å². The quantitative estimate of drug-likeness (QED) is 0.722. The molecule has 1 N–H and O–H groups in total. The summed E-state index contributed by atoms with van der Waals surface area (Å²) < 4.78 is 48.6. The fourth-order valence-electron chi connectivity index (χ4n) is 3.09. The van der Waals surface area contributed by atoms with Gasteiger partial charge in [-0.2, -0.15) is 5.10 Å². The van der Waals surface area contributed by atoms with Crippen molar-refractivity contribution in [1.29, 1.82) is 0 Å². The number of rotatable bonds is 5. The molecule has 0 aliphatic heterocycles. The number of ether oxygens (including phenoxy) is 2. The summed E-state index contributed by atoms with van der Waals surface area (Å²) in [5.41, 5.74) is 1.17. The van der Waals surface area contributed by atoms with Gasteiger partial charge >= 0.3 is 6.36 Å². The van der Waals surface area contributed by atoms with E-state index in [1.807, 2.05) is 12.1 Å². The summed E-state index contributed by atoms with van der Waals surface area (Å²) in [6.45, 7) is 0. The molecule has 1 aromatic carbocycles. The number of nitrogens with one attached hydrogen (secondary N) is 1. The zero-order valence-corrected chi connectivity index (χ0v) is 14.5. The van der Waals surface area contributed by atoms with Crippen LogP contribution in [0.5, 0.6) is 11.5 Å². The average molecular weight is 391 g/mol. The highest BCUT2D eigenvalue weighted by atomic mass is 19.4. The molecule has 9 heteroatoms. The van der Waals surface area contributed by atoms with Gasteiger partial charge in [-0.3, -0.25) is 4.79 Å². The summed E-state index contributed by atoms with van der Waals surface area (Å²) in [6, 6.07) is 10.9. The fourth-order valence-corrected chi connectivity index (χ4v) is 3.09. The molecule has 4 rings (SSSR count). The summed E-state index contributed by atoms with van der Waals surface area (Å²) in [6.07, 6.45) is -0.852. The number of benzene rings is 1. The number of alkyl halides is 3. The van der Waals surface area contributed by atoms with E-state index in [4.69, 9.17) is 4.74 Å². The Morgan fingerprint density at radius 3 is 2.57 bits per heavy atom. The summed E-state index contributed by atoms with van der Waals surface area (Å²) in [7, 11) is 0. The van der Waals surface area contributed by atoms with Gasteiger partial charge in [0.25, 0.3) is 5.91 Å². The lowest BCUT2D eigenvalue weighted by Gasteiger charge is -2.36. The van der Waals surface area contributed by atoms with Crippen LogP contribution < -0.4 is 14.8 Å². The van der Waals surface area contributed by atoms with Crippen LogP contribution in [0.25, 0.3) is 5.52 Å². The average Bonchev–Trinajstić information content (AvgIpc) is 3.04. The van der Waals surface area contributed by atoms with Gasteiger partial charge in [-0.15, -0.1) is 13.2 Å². The lowest BCUT2D eigenvalue weighted by Crippen LogP contribution is -2.49. The third-order valence-electron chi connectivity index (χ3n) is 4.47. The van der Waals surface area contributed by atoms with E-state index >= 15 is 0 Å². The van der Waals surface area contributed by atoms with Gasteiger partial charge in [-0.1, -0.05) is 18.2 Å².